The van der Waals surface area contributed by atoms with Gasteiger partial charge >= 0.3 is 30.3 Å². The summed E-state index contributed by atoms with van der Waals surface area (Å²) in [6.45, 7) is -0.0160. The van der Waals surface area contributed by atoms with Crippen LogP contribution in [0.4, 0.5) is 0 Å². The van der Waals surface area contributed by atoms with Crippen molar-refractivity contribution in [3.63, 3.8) is 0 Å². The van der Waals surface area contributed by atoms with Crippen LogP contribution < -0.4 is 0 Å². The van der Waals surface area contributed by atoms with Crippen LogP contribution in [0.2, 0.25) is 0 Å². The van der Waals surface area contributed by atoms with E-state index in [1.165, 1.54) is 0 Å². The van der Waals surface area contributed by atoms with E-state index in [2.05, 4.69) is 0 Å². The summed E-state index contributed by atoms with van der Waals surface area (Å²) < 4.78 is 29.2. The Morgan fingerprint density at radius 3 is 1.91 bits per heavy atom. The molecule has 0 spiro atoms. The summed E-state index contributed by atoms with van der Waals surface area (Å²) in [5.74, 6) is -0.838. The normalized spacial score (nSPS) is 23.6. The van der Waals surface area contributed by atoms with Crippen molar-refractivity contribution in [1.29, 1.82) is 0 Å². The summed E-state index contributed by atoms with van der Waals surface area (Å²) in [6.07, 6.45) is -3.44. The van der Waals surface area contributed by atoms with E-state index < -0.39 is 36.5 Å². The van der Waals surface area contributed by atoms with Gasteiger partial charge in [0.05, 0.1) is 17.7 Å². The Morgan fingerprint density at radius 2 is 1.30 bits per heavy atom. The van der Waals surface area contributed by atoms with Gasteiger partial charge in [0, 0.05) is 0 Å². The molecule has 2 aliphatic heterocycles. The average Bonchev–Trinajstić information content (AvgIpc) is 3.32. The van der Waals surface area contributed by atoms with Gasteiger partial charge in [0.25, 0.3) is 0 Å². The summed E-state index contributed by atoms with van der Waals surface area (Å²) in [5, 5.41) is 0. The Balaban J connectivity index is 1.39. The van der Waals surface area contributed by atoms with E-state index in [1.807, 2.05) is 30.3 Å². The van der Waals surface area contributed by atoms with Crippen LogP contribution in [-0.2, 0) is 18.9 Å². The fourth-order valence-corrected chi connectivity index (χ4v) is 3.73. The quantitative estimate of drug-likeness (QED) is 0.339. The highest BCUT2D eigenvalue weighted by atomic mass is 16.8. The second-order valence-corrected chi connectivity index (χ2v) is 7.60. The van der Waals surface area contributed by atoms with Crippen molar-refractivity contribution < 1.29 is 33.0 Å². The number of carbonyl (C=O) groups excluding carboxylic acids is 3. The third-order valence-electron chi connectivity index (χ3n) is 5.38. The number of hydrogen-bond acceptors (Lipinski definition) is 6. The SMILES string of the molecule is O=C(O[C@@H]1[C@H]2OC(c3ccccc3)=[O+][C@H]2OC[C@H]1OC(=O)c1ccccc1)c1ccccc1. The lowest BCUT2D eigenvalue weighted by atomic mass is 10.0. The molecule has 166 valence electrons. The molecule has 3 aromatic carbocycles. The van der Waals surface area contributed by atoms with Crippen LogP contribution in [-0.4, -0.2) is 49.1 Å². The highest BCUT2D eigenvalue weighted by molar-refractivity contribution is 5.91. The van der Waals surface area contributed by atoms with Gasteiger partial charge in [-0.3, -0.25) is 9.16 Å². The Kier molecular flexibility index (Phi) is 5.87. The minimum absolute atomic E-state index is 0.0160. The third-order valence-corrected chi connectivity index (χ3v) is 5.38. The highest BCUT2D eigenvalue weighted by Gasteiger charge is 2.59. The lowest BCUT2D eigenvalue weighted by Gasteiger charge is -2.31. The monoisotopic (exact) mass is 445 g/mol. The Morgan fingerprint density at radius 1 is 0.758 bits per heavy atom. The maximum atomic E-state index is 12.8. The van der Waals surface area contributed by atoms with Crippen molar-refractivity contribution in [3.8, 4) is 0 Å². The van der Waals surface area contributed by atoms with Gasteiger partial charge in [-0.05, 0) is 36.4 Å². The molecule has 0 aromatic heterocycles. The molecule has 1 saturated heterocycles. The van der Waals surface area contributed by atoms with Crippen LogP contribution in [0.1, 0.15) is 30.7 Å². The first kappa shape index (κ1) is 20.9. The maximum absolute atomic E-state index is 12.8. The Labute approximate surface area is 190 Å². The zero-order valence-corrected chi connectivity index (χ0v) is 17.5. The Hall–Kier alpha value is -3.97. The van der Waals surface area contributed by atoms with Crippen LogP contribution in [0.5, 0.6) is 0 Å². The zero-order chi connectivity index (χ0) is 22.6. The van der Waals surface area contributed by atoms with Gasteiger partial charge in [-0.25, -0.2) is 9.59 Å². The second-order valence-electron chi connectivity index (χ2n) is 7.60. The van der Waals surface area contributed by atoms with Gasteiger partial charge in [0.1, 0.15) is 5.56 Å². The van der Waals surface area contributed by atoms with Crippen molar-refractivity contribution in [2.75, 3.05) is 6.61 Å². The van der Waals surface area contributed by atoms with Crippen LogP contribution in [0, 0.1) is 0 Å². The molecular weight excluding hydrogens is 424 g/mol. The number of hydrogen-bond donors (Lipinski definition) is 0. The van der Waals surface area contributed by atoms with Crippen molar-refractivity contribution in [2.45, 2.75) is 24.6 Å². The molecule has 2 aliphatic rings. The van der Waals surface area contributed by atoms with Gasteiger partial charge in [-0.2, -0.15) is 0 Å². The molecule has 0 saturated carbocycles. The summed E-state index contributed by atoms with van der Waals surface area (Å²) >= 11 is 0. The topological polar surface area (TPSA) is 82.4 Å². The van der Waals surface area contributed by atoms with Crippen LogP contribution in [0.3, 0.4) is 0 Å². The van der Waals surface area contributed by atoms with Crippen molar-refractivity contribution >= 4 is 17.9 Å². The number of ether oxygens (including phenoxy) is 4. The summed E-state index contributed by atoms with van der Waals surface area (Å²) in [5.41, 5.74) is 1.48. The minimum atomic E-state index is -0.940. The first-order valence-corrected chi connectivity index (χ1v) is 10.6. The number of benzene rings is 3. The number of carbonyl (C=O) groups is 2. The van der Waals surface area contributed by atoms with E-state index in [9.17, 15) is 9.59 Å². The average molecular weight is 445 g/mol. The molecule has 3 aromatic rings. The van der Waals surface area contributed by atoms with Crippen molar-refractivity contribution in [1.82, 2.24) is 0 Å². The first-order chi connectivity index (χ1) is 16.2. The van der Waals surface area contributed by atoms with Crippen molar-refractivity contribution in [3.05, 3.63) is 108 Å². The standard InChI is InChI=1S/C26H21O7/c27-23(17-10-4-1-5-11-17)30-20-16-29-26-22(32-25(33-26)19-14-8-3-9-15-19)21(20)31-24(28)18-12-6-2-7-13-18/h1-15,20-22,26H,16H2/q+1/t20-,21+,22-,26-/m1/s1. The van der Waals surface area contributed by atoms with E-state index in [1.54, 1.807) is 60.7 Å². The van der Waals surface area contributed by atoms with E-state index in [4.69, 9.17) is 23.4 Å². The maximum Gasteiger partial charge on any atom is 0.523 e. The second kappa shape index (κ2) is 9.26. The predicted octanol–water partition coefficient (Wildman–Crippen LogP) is 3.57. The number of rotatable bonds is 5. The molecule has 1 fully saturated rings. The van der Waals surface area contributed by atoms with Gasteiger partial charge in [-0.1, -0.05) is 54.6 Å². The minimum Gasteiger partial charge on any atom is -0.452 e. The van der Waals surface area contributed by atoms with E-state index in [0.717, 1.165) is 5.56 Å². The highest BCUT2D eigenvalue weighted by Crippen LogP contribution is 2.30. The van der Waals surface area contributed by atoms with Crippen molar-refractivity contribution in [2.24, 2.45) is 0 Å². The molecule has 0 unspecified atom stereocenters. The zero-order valence-electron chi connectivity index (χ0n) is 17.5. The summed E-state index contributed by atoms with van der Waals surface area (Å²) in [6, 6.07) is 26.5. The molecule has 7 nitrogen and oxygen atoms in total. The smallest absolute Gasteiger partial charge is 0.452 e. The third kappa shape index (κ3) is 4.49. The van der Waals surface area contributed by atoms with Gasteiger partial charge < -0.3 is 14.2 Å². The lowest BCUT2D eigenvalue weighted by molar-refractivity contribution is -0.426. The van der Waals surface area contributed by atoms with E-state index in [0.29, 0.717) is 11.1 Å². The molecule has 33 heavy (non-hydrogen) atoms. The first-order valence-electron chi connectivity index (χ1n) is 10.6. The molecule has 0 radical (unpaired) electrons. The van der Waals surface area contributed by atoms with Crippen LogP contribution >= 0.6 is 0 Å². The lowest BCUT2D eigenvalue weighted by Crippen LogP contribution is -2.55. The fraction of sp³-hybridized carbons (Fsp3) is 0.192. The molecule has 0 aliphatic carbocycles. The number of fused-ring (bicyclic) bond motifs is 1. The largest absolute Gasteiger partial charge is 0.523 e. The van der Waals surface area contributed by atoms with Crippen LogP contribution in [0.25, 0.3) is 0 Å². The number of esters is 3. The molecule has 0 N–H and O–H groups in total. The Bertz CT molecular complexity index is 1150. The van der Waals surface area contributed by atoms with Gasteiger partial charge in [0.2, 0.25) is 6.10 Å². The van der Waals surface area contributed by atoms with E-state index >= 15 is 0 Å². The molecule has 0 bridgehead atoms. The molecule has 4 atom stereocenters. The summed E-state index contributed by atoms with van der Waals surface area (Å²) in [4.78, 5) is 25.5. The van der Waals surface area contributed by atoms with Gasteiger partial charge in [0.15, 0.2) is 6.10 Å². The molecule has 7 heteroatoms. The summed E-state index contributed by atoms with van der Waals surface area (Å²) in [7, 11) is 0. The molecule has 0 amide bonds. The van der Waals surface area contributed by atoms with E-state index in [-0.39, 0.29) is 12.6 Å². The molecule has 2 heterocycles. The van der Waals surface area contributed by atoms with Gasteiger partial charge in [-0.15, -0.1) is 0 Å². The molecule has 5 rings (SSSR count). The fourth-order valence-electron chi connectivity index (χ4n) is 3.73. The predicted molar refractivity (Wildman–Crippen MR) is 117 cm³/mol. The van der Waals surface area contributed by atoms with Crippen LogP contribution in [0.15, 0.2) is 91.0 Å². The molecular formula is C26H21O7+.